The SMILES string of the molecule is Nc1ncc(Cl)nc1C(O)C(O)C(=O)O. The van der Waals surface area contributed by atoms with Gasteiger partial charge in [-0.05, 0) is 0 Å². The number of hydrogen-bond donors (Lipinski definition) is 4. The maximum absolute atomic E-state index is 10.4. The summed E-state index contributed by atoms with van der Waals surface area (Å²) in [5.41, 5.74) is 5.07. The third kappa shape index (κ3) is 2.52. The molecule has 0 aliphatic rings. The van der Waals surface area contributed by atoms with Gasteiger partial charge in [0.2, 0.25) is 0 Å². The summed E-state index contributed by atoms with van der Waals surface area (Å²) in [4.78, 5) is 17.5. The molecule has 0 radical (unpaired) electrons. The molecule has 7 nitrogen and oxygen atoms in total. The van der Waals surface area contributed by atoms with E-state index in [4.69, 9.17) is 27.5 Å². The molecule has 0 bridgehead atoms. The Hall–Kier alpha value is -1.44. The molecule has 0 aliphatic carbocycles. The van der Waals surface area contributed by atoms with Gasteiger partial charge in [0.25, 0.3) is 0 Å². The third-order valence-electron chi connectivity index (χ3n) is 1.63. The van der Waals surface area contributed by atoms with Gasteiger partial charge >= 0.3 is 5.97 Å². The van der Waals surface area contributed by atoms with Crippen molar-refractivity contribution >= 4 is 23.4 Å². The maximum Gasteiger partial charge on any atom is 0.335 e. The van der Waals surface area contributed by atoms with Crippen LogP contribution < -0.4 is 5.73 Å². The Balaban J connectivity index is 3.04. The van der Waals surface area contributed by atoms with Crippen molar-refractivity contribution in [2.75, 3.05) is 5.73 Å². The van der Waals surface area contributed by atoms with Gasteiger partial charge in [-0.3, -0.25) is 0 Å². The van der Waals surface area contributed by atoms with E-state index in [1.54, 1.807) is 0 Å². The largest absolute Gasteiger partial charge is 0.479 e. The third-order valence-corrected chi connectivity index (χ3v) is 1.81. The molecule has 5 N–H and O–H groups in total. The van der Waals surface area contributed by atoms with Crippen LogP contribution in [0.15, 0.2) is 6.20 Å². The number of aliphatic carboxylic acids is 1. The highest BCUT2D eigenvalue weighted by atomic mass is 35.5. The molecule has 15 heavy (non-hydrogen) atoms. The van der Waals surface area contributed by atoms with Crippen molar-refractivity contribution in [3.8, 4) is 0 Å². The number of nitrogens with two attached hydrogens (primary N) is 1. The van der Waals surface area contributed by atoms with E-state index in [9.17, 15) is 9.90 Å². The Labute approximate surface area is 89.2 Å². The second-order valence-corrected chi connectivity index (χ2v) is 3.08. The van der Waals surface area contributed by atoms with Crippen LogP contribution in [0.2, 0.25) is 5.15 Å². The van der Waals surface area contributed by atoms with Crippen LogP contribution >= 0.6 is 11.6 Å². The number of nitrogens with zero attached hydrogens (tertiary/aromatic N) is 2. The molecule has 1 aromatic rings. The first-order chi connectivity index (χ1) is 6.93. The van der Waals surface area contributed by atoms with E-state index in [1.807, 2.05) is 0 Å². The summed E-state index contributed by atoms with van der Waals surface area (Å²) in [6.45, 7) is 0. The number of anilines is 1. The van der Waals surface area contributed by atoms with Gasteiger partial charge in [-0.15, -0.1) is 0 Å². The van der Waals surface area contributed by atoms with Crippen LogP contribution in [0.1, 0.15) is 11.8 Å². The number of carboxylic acids is 1. The maximum atomic E-state index is 10.4. The lowest BCUT2D eigenvalue weighted by Crippen LogP contribution is -2.29. The monoisotopic (exact) mass is 233 g/mol. The molecule has 82 valence electrons. The van der Waals surface area contributed by atoms with E-state index in [2.05, 4.69) is 9.97 Å². The van der Waals surface area contributed by atoms with Crippen LogP contribution in [0.4, 0.5) is 5.82 Å². The molecule has 1 heterocycles. The van der Waals surface area contributed by atoms with E-state index in [-0.39, 0.29) is 16.7 Å². The first-order valence-corrected chi connectivity index (χ1v) is 4.18. The smallest absolute Gasteiger partial charge is 0.335 e. The number of nitrogen functional groups attached to an aromatic ring is 1. The van der Waals surface area contributed by atoms with Crippen molar-refractivity contribution in [1.82, 2.24) is 9.97 Å². The van der Waals surface area contributed by atoms with Crippen molar-refractivity contribution in [3.63, 3.8) is 0 Å². The van der Waals surface area contributed by atoms with Crippen molar-refractivity contribution in [3.05, 3.63) is 17.0 Å². The molecule has 0 aromatic carbocycles. The van der Waals surface area contributed by atoms with Crippen LogP contribution in [-0.2, 0) is 4.79 Å². The quantitative estimate of drug-likeness (QED) is 0.537. The number of hydrogen-bond acceptors (Lipinski definition) is 6. The van der Waals surface area contributed by atoms with Gasteiger partial charge in [0.05, 0.1) is 6.20 Å². The molecule has 0 saturated heterocycles. The fraction of sp³-hybridized carbons (Fsp3) is 0.286. The highest BCUT2D eigenvalue weighted by molar-refractivity contribution is 6.29. The predicted molar refractivity (Wildman–Crippen MR) is 50.1 cm³/mol. The zero-order valence-electron chi connectivity index (χ0n) is 7.33. The first-order valence-electron chi connectivity index (χ1n) is 3.80. The molecular weight excluding hydrogens is 226 g/mol. The van der Waals surface area contributed by atoms with E-state index in [1.165, 1.54) is 0 Å². The second kappa shape index (κ2) is 4.39. The first kappa shape index (κ1) is 11.6. The number of halogens is 1. The molecule has 8 heteroatoms. The summed E-state index contributed by atoms with van der Waals surface area (Å²) in [6.07, 6.45) is -2.66. The summed E-state index contributed by atoms with van der Waals surface area (Å²) in [7, 11) is 0. The number of carbonyl (C=O) groups is 1. The summed E-state index contributed by atoms with van der Waals surface area (Å²) >= 11 is 5.48. The van der Waals surface area contributed by atoms with E-state index in [0.29, 0.717) is 0 Å². The van der Waals surface area contributed by atoms with E-state index >= 15 is 0 Å². The van der Waals surface area contributed by atoms with Gasteiger partial charge in [0, 0.05) is 0 Å². The van der Waals surface area contributed by atoms with Gasteiger partial charge in [0.15, 0.2) is 6.10 Å². The van der Waals surface area contributed by atoms with Crippen molar-refractivity contribution in [2.45, 2.75) is 12.2 Å². The van der Waals surface area contributed by atoms with Crippen molar-refractivity contribution < 1.29 is 20.1 Å². The van der Waals surface area contributed by atoms with E-state index in [0.717, 1.165) is 6.20 Å². The number of aromatic nitrogens is 2. The Morgan fingerprint density at radius 2 is 2.13 bits per heavy atom. The zero-order valence-corrected chi connectivity index (χ0v) is 8.09. The highest BCUT2D eigenvalue weighted by Crippen LogP contribution is 2.21. The molecule has 0 aliphatic heterocycles. The molecular formula is C7H8ClN3O4. The number of rotatable bonds is 3. The number of aliphatic hydroxyl groups is 2. The van der Waals surface area contributed by atoms with Crippen molar-refractivity contribution in [2.24, 2.45) is 0 Å². The molecule has 0 amide bonds. The summed E-state index contributed by atoms with van der Waals surface area (Å²) in [5, 5.41) is 26.8. The highest BCUT2D eigenvalue weighted by Gasteiger charge is 2.28. The fourth-order valence-electron chi connectivity index (χ4n) is 0.892. The van der Waals surface area contributed by atoms with Crippen LogP contribution in [0.5, 0.6) is 0 Å². The van der Waals surface area contributed by atoms with Gasteiger partial charge in [-0.1, -0.05) is 11.6 Å². The molecule has 0 spiro atoms. The van der Waals surface area contributed by atoms with Gasteiger partial charge in [-0.25, -0.2) is 14.8 Å². The minimum absolute atomic E-state index is 0.0594. The van der Waals surface area contributed by atoms with Gasteiger partial charge in [-0.2, -0.15) is 0 Å². The Morgan fingerprint density at radius 3 is 2.67 bits per heavy atom. The molecule has 0 fully saturated rings. The van der Waals surface area contributed by atoms with Crippen LogP contribution in [0, 0.1) is 0 Å². The number of carboxylic acid groups (broad SMARTS) is 1. The molecule has 0 saturated carbocycles. The average molecular weight is 234 g/mol. The molecule has 1 aromatic heterocycles. The zero-order chi connectivity index (χ0) is 11.6. The Morgan fingerprint density at radius 1 is 1.53 bits per heavy atom. The van der Waals surface area contributed by atoms with Crippen LogP contribution in [0.25, 0.3) is 0 Å². The van der Waals surface area contributed by atoms with Gasteiger partial charge in [0.1, 0.15) is 22.8 Å². The fourth-order valence-corrected chi connectivity index (χ4v) is 1.03. The summed E-state index contributed by atoms with van der Waals surface area (Å²) in [6, 6.07) is 0. The number of aliphatic hydroxyl groups excluding tert-OH is 2. The molecule has 2 unspecified atom stereocenters. The molecule has 1 rings (SSSR count). The Bertz CT molecular complexity index is 386. The lowest BCUT2D eigenvalue weighted by molar-refractivity contribution is -0.153. The van der Waals surface area contributed by atoms with Crippen LogP contribution in [0.3, 0.4) is 0 Å². The second-order valence-electron chi connectivity index (χ2n) is 2.69. The normalized spacial score (nSPS) is 14.6. The standard InChI is InChI=1S/C7H8ClN3O4/c8-2-1-10-6(9)3(11-2)4(12)5(13)7(14)15/h1,4-5,12-13H,(H2,9,10)(H,14,15). The lowest BCUT2D eigenvalue weighted by Gasteiger charge is -2.14. The van der Waals surface area contributed by atoms with Crippen LogP contribution in [-0.4, -0.2) is 37.4 Å². The minimum Gasteiger partial charge on any atom is -0.479 e. The summed E-state index contributed by atoms with van der Waals surface area (Å²) in [5.74, 6) is -1.78. The van der Waals surface area contributed by atoms with E-state index < -0.39 is 18.2 Å². The average Bonchev–Trinajstić information content (AvgIpc) is 2.19. The predicted octanol–water partition coefficient (Wildman–Crippen LogP) is -0.809. The van der Waals surface area contributed by atoms with Crippen molar-refractivity contribution in [1.29, 1.82) is 0 Å². The topological polar surface area (TPSA) is 130 Å². The molecule has 2 atom stereocenters. The lowest BCUT2D eigenvalue weighted by atomic mass is 10.1. The van der Waals surface area contributed by atoms with Gasteiger partial charge < -0.3 is 21.1 Å². The minimum atomic E-state index is -2.03. The Kier molecular flexibility index (Phi) is 3.40. The summed E-state index contributed by atoms with van der Waals surface area (Å²) < 4.78 is 0.